The lowest BCUT2D eigenvalue weighted by atomic mass is 10.4. The van der Waals surface area contributed by atoms with Gasteiger partial charge < -0.3 is 9.88 Å². The maximum Gasteiger partial charge on any atom is 0.202 e. The highest BCUT2D eigenvalue weighted by atomic mass is 15.3. The van der Waals surface area contributed by atoms with Crippen LogP contribution >= 0.6 is 0 Å². The van der Waals surface area contributed by atoms with Gasteiger partial charge in [-0.2, -0.15) is 5.10 Å². The minimum absolute atomic E-state index is 0.793. The van der Waals surface area contributed by atoms with Gasteiger partial charge in [0.15, 0.2) is 5.82 Å². The van der Waals surface area contributed by atoms with Crippen LogP contribution in [-0.2, 0) is 20.0 Å². The highest BCUT2D eigenvalue weighted by molar-refractivity contribution is 5.25. The zero-order valence-electron chi connectivity index (χ0n) is 9.59. The molecular weight excluding hydrogens is 204 g/mol. The Balaban J connectivity index is 1.84. The number of rotatable bonds is 5. The predicted octanol–water partition coefficient (Wildman–Crippen LogP) is 0.686. The summed E-state index contributed by atoms with van der Waals surface area (Å²) >= 11 is 0. The molecule has 0 aliphatic rings. The van der Waals surface area contributed by atoms with Crippen LogP contribution in [-0.4, -0.2) is 30.9 Å². The van der Waals surface area contributed by atoms with Crippen LogP contribution in [0.3, 0.4) is 0 Å². The van der Waals surface area contributed by atoms with Gasteiger partial charge in [-0.25, -0.2) is 9.97 Å². The van der Waals surface area contributed by atoms with Crippen molar-refractivity contribution in [3.8, 4) is 0 Å². The third-order valence-corrected chi connectivity index (χ3v) is 2.33. The molecule has 0 atom stereocenters. The van der Waals surface area contributed by atoms with E-state index in [2.05, 4.69) is 31.9 Å². The smallest absolute Gasteiger partial charge is 0.202 e. The van der Waals surface area contributed by atoms with Crippen molar-refractivity contribution in [1.29, 1.82) is 0 Å². The van der Waals surface area contributed by atoms with Gasteiger partial charge in [-0.15, -0.1) is 0 Å². The Labute approximate surface area is 94.3 Å². The van der Waals surface area contributed by atoms with E-state index >= 15 is 0 Å². The van der Waals surface area contributed by atoms with Crippen molar-refractivity contribution in [3.05, 3.63) is 24.5 Å². The van der Waals surface area contributed by atoms with Crippen LogP contribution in [0.4, 0.5) is 5.95 Å². The van der Waals surface area contributed by atoms with Crippen molar-refractivity contribution >= 4 is 5.95 Å². The number of aromatic nitrogens is 5. The van der Waals surface area contributed by atoms with Gasteiger partial charge in [0.05, 0.1) is 0 Å². The predicted molar refractivity (Wildman–Crippen MR) is 61.1 cm³/mol. The number of nitrogens with zero attached hydrogens (tertiary/aromatic N) is 5. The van der Waals surface area contributed by atoms with Gasteiger partial charge >= 0.3 is 0 Å². The zero-order valence-corrected chi connectivity index (χ0v) is 9.59. The van der Waals surface area contributed by atoms with Crippen LogP contribution in [0.1, 0.15) is 12.7 Å². The first kappa shape index (κ1) is 10.7. The van der Waals surface area contributed by atoms with Crippen LogP contribution in [0.2, 0.25) is 0 Å². The van der Waals surface area contributed by atoms with E-state index in [9.17, 15) is 0 Å². The number of hydrogen-bond donors (Lipinski definition) is 1. The van der Waals surface area contributed by atoms with E-state index in [1.165, 1.54) is 0 Å². The Morgan fingerprint density at radius 1 is 1.38 bits per heavy atom. The minimum atomic E-state index is 0.793. The molecule has 0 unspecified atom stereocenters. The van der Waals surface area contributed by atoms with Gasteiger partial charge in [0.1, 0.15) is 6.33 Å². The molecule has 0 bridgehead atoms. The van der Waals surface area contributed by atoms with Gasteiger partial charge in [-0.05, 0) is 6.92 Å². The summed E-state index contributed by atoms with van der Waals surface area (Å²) in [6.45, 7) is 3.80. The van der Waals surface area contributed by atoms with E-state index in [1.807, 2.05) is 13.2 Å². The zero-order chi connectivity index (χ0) is 11.4. The Morgan fingerprint density at radius 3 is 2.94 bits per heavy atom. The van der Waals surface area contributed by atoms with Crippen LogP contribution in [0, 0.1) is 0 Å². The molecule has 6 heteroatoms. The Morgan fingerprint density at radius 2 is 2.25 bits per heavy atom. The van der Waals surface area contributed by atoms with Gasteiger partial charge in [0.25, 0.3) is 0 Å². The van der Waals surface area contributed by atoms with Crippen molar-refractivity contribution in [2.45, 2.75) is 19.9 Å². The fraction of sp³-hybridized carbons (Fsp3) is 0.500. The molecule has 0 amide bonds. The monoisotopic (exact) mass is 220 g/mol. The van der Waals surface area contributed by atoms with Gasteiger partial charge in [0, 0.05) is 39.0 Å². The van der Waals surface area contributed by atoms with Crippen molar-refractivity contribution in [3.63, 3.8) is 0 Å². The molecule has 0 aromatic carbocycles. The molecule has 0 aliphatic carbocycles. The molecule has 0 fully saturated rings. The Bertz CT molecular complexity index is 444. The van der Waals surface area contributed by atoms with E-state index in [-0.39, 0.29) is 0 Å². The van der Waals surface area contributed by atoms with Crippen LogP contribution < -0.4 is 5.32 Å². The number of aryl methyl sites for hydroxylation is 2. The summed E-state index contributed by atoms with van der Waals surface area (Å²) in [6, 6.07) is 0. The van der Waals surface area contributed by atoms with Crippen molar-refractivity contribution in [1.82, 2.24) is 24.3 Å². The molecule has 2 aromatic rings. The number of nitrogens with one attached hydrogen (secondary N) is 1. The second-order valence-corrected chi connectivity index (χ2v) is 3.55. The summed E-state index contributed by atoms with van der Waals surface area (Å²) in [5.74, 6) is 1.75. The van der Waals surface area contributed by atoms with E-state index in [1.54, 1.807) is 17.2 Å². The van der Waals surface area contributed by atoms with E-state index in [4.69, 9.17) is 0 Å². The lowest BCUT2D eigenvalue weighted by Gasteiger charge is -2.06. The number of imidazole rings is 1. The number of anilines is 1. The number of hydrogen-bond acceptors (Lipinski definition) is 4. The second-order valence-electron chi connectivity index (χ2n) is 3.55. The topological polar surface area (TPSA) is 60.6 Å². The maximum atomic E-state index is 4.23. The van der Waals surface area contributed by atoms with Crippen LogP contribution in [0.15, 0.2) is 18.7 Å². The quantitative estimate of drug-likeness (QED) is 0.805. The lowest BCUT2D eigenvalue weighted by Crippen LogP contribution is -2.10. The maximum absolute atomic E-state index is 4.23. The summed E-state index contributed by atoms with van der Waals surface area (Å²) in [6.07, 6.45) is 6.27. The fourth-order valence-corrected chi connectivity index (χ4v) is 1.52. The molecule has 2 heterocycles. The third-order valence-electron chi connectivity index (χ3n) is 2.33. The first-order chi connectivity index (χ1) is 7.79. The van der Waals surface area contributed by atoms with Gasteiger partial charge in [0.2, 0.25) is 5.95 Å². The van der Waals surface area contributed by atoms with E-state index in [0.717, 1.165) is 31.3 Å². The molecule has 0 aliphatic heterocycles. The summed E-state index contributed by atoms with van der Waals surface area (Å²) in [7, 11) is 1.87. The molecule has 1 N–H and O–H groups in total. The highest BCUT2D eigenvalue weighted by Crippen LogP contribution is 2.03. The van der Waals surface area contributed by atoms with Crippen LogP contribution in [0.5, 0.6) is 0 Å². The summed E-state index contributed by atoms with van der Waals surface area (Å²) in [5, 5.41) is 7.47. The molecule has 6 nitrogen and oxygen atoms in total. The third kappa shape index (κ3) is 2.39. The summed E-state index contributed by atoms with van der Waals surface area (Å²) < 4.78 is 3.77. The standard InChI is InChI=1S/C10H16N6/c1-3-16-7-6-12-10(16)11-5-4-9-13-8-15(2)14-9/h6-8H,3-5H2,1-2H3,(H,11,12). The van der Waals surface area contributed by atoms with Crippen molar-refractivity contribution in [2.75, 3.05) is 11.9 Å². The molecule has 0 saturated heterocycles. The molecule has 2 rings (SSSR count). The molecule has 86 valence electrons. The first-order valence-corrected chi connectivity index (χ1v) is 5.39. The Hall–Kier alpha value is -1.85. The molecule has 0 spiro atoms. The fourth-order valence-electron chi connectivity index (χ4n) is 1.52. The van der Waals surface area contributed by atoms with Crippen LogP contribution in [0.25, 0.3) is 0 Å². The molecule has 0 radical (unpaired) electrons. The SMILES string of the molecule is CCn1ccnc1NCCc1ncn(C)n1. The minimum Gasteiger partial charge on any atom is -0.355 e. The Kier molecular flexibility index (Phi) is 3.19. The van der Waals surface area contributed by atoms with Gasteiger partial charge in [-0.1, -0.05) is 0 Å². The molecule has 0 saturated carbocycles. The largest absolute Gasteiger partial charge is 0.355 e. The summed E-state index contributed by atoms with van der Waals surface area (Å²) in [5.41, 5.74) is 0. The summed E-state index contributed by atoms with van der Waals surface area (Å²) in [4.78, 5) is 8.39. The molecule has 2 aromatic heterocycles. The lowest BCUT2D eigenvalue weighted by molar-refractivity contribution is 0.736. The van der Waals surface area contributed by atoms with E-state index in [0.29, 0.717) is 0 Å². The normalized spacial score (nSPS) is 10.6. The van der Waals surface area contributed by atoms with Crippen molar-refractivity contribution < 1.29 is 0 Å². The second kappa shape index (κ2) is 4.78. The van der Waals surface area contributed by atoms with E-state index < -0.39 is 0 Å². The average Bonchev–Trinajstić information content (AvgIpc) is 2.87. The van der Waals surface area contributed by atoms with Gasteiger partial charge in [-0.3, -0.25) is 4.68 Å². The average molecular weight is 220 g/mol. The van der Waals surface area contributed by atoms with Crippen molar-refractivity contribution in [2.24, 2.45) is 7.05 Å². The highest BCUT2D eigenvalue weighted by Gasteiger charge is 2.01. The molecule has 16 heavy (non-hydrogen) atoms. The molecular formula is C10H16N6. The first-order valence-electron chi connectivity index (χ1n) is 5.39.